The van der Waals surface area contributed by atoms with Gasteiger partial charge in [0.25, 0.3) is 5.91 Å². The molecule has 1 atom stereocenters. The second-order valence-corrected chi connectivity index (χ2v) is 6.99. The molecule has 0 bridgehead atoms. The van der Waals surface area contributed by atoms with E-state index in [1.165, 1.54) is 5.56 Å². The van der Waals surface area contributed by atoms with E-state index in [0.29, 0.717) is 22.0 Å². The lowest BCUT2D eigenvalue weighted by atomic mass is 9.94. The van der Waals surface area contributed by atoms with E-state index in [0.717, 1.165) is 17.5 Å². The highest BCUT2D eigenvalue weighted by molar-refractivity contribution is 6.31. The SMILES string of the molecule is CCc1ccc(C2NC(=O)NC(C)=C2C(=O)Nc2ccc(C)c(Cl)c2)cc1. The molecule has 0 radical (unpaired) electrons. The molecule has 3 rings (SSSR count). The van der Waals surface area contributed by atoms with Crippen molar-refractivity contribution in [3.05, 3.63) is 75.4 Å². The van der Waals surface area contributed by atoms with Gasteiger partial charge in [0, 0.05) is 16.4 Å². The fourth-order valence-corrected chi connectivity index (χ4v) is 3.24. The van der Waals surface area contributed by atoms with Gasteiger partial charge in [-0.05, 0) is 49.1 Å². The molecule has 3 N–H and O–H groups in total. The number of benzene rings is 2. The van der Waals surface area contributed by atoms with Crippen LogP contribution >= 0.6 is 11.6 Å². The molecule has 5 nitrogen and oxygen atoms in total. The number of amides is 3. The van der Waals surface area contributed by atoms with Crippen LogP contribution in [0.25, 0.3) is 0 Å². The summed E-state index contributed by atoms with van der Waals surface area (Å²) >= 11 is 6.15. The number of hydrogen-bond acceptors (Lipinski definition) is 2. The summed E-state index contributed by atoms with van der Waals surface area (Å²) < 4.78 is 0. The number of allylic oxidation sites excluding steroid dienone is 1. The van der Waals surface area contributed by atoms with Crippen LogP contribution in [0, 0.1) is 6.92 Å². The van der Waals surface area contributed by atoms with Crippen molar-refractivity contribution in [1.29, 1.82) is 0 Å². The van der Waals surface area contributed by atoms with Gasteiger partial charge in [-0.1, -0.05) is 48.9 Å². The third-order valence-electron chi connectivity index (χ3n) is 4.66. The minimum absolute atomic E-state index is 0.288. The zero-order chi connectivity index (χ0) is 19.6. The number of rotatable bonds is 4. The molecule has 0 aliphatic carbocycles. The summed E-state index contributed by atoms with van der Waals surface area (Å²) in [7, 11) is 0. The molecule has 0 saturated heterocycles. The van der Waals surface area contributed by atoms with E-state index in [9.17, 15) is 9.59 Å². The van der Waals surface area contributed by atoms with E-state index in [-0.39, 0.29) is 11.9 Å². The van der Waals surface area contributed by atoms with Crippen LogP contribution in [-0.4, -0.2) is 11.9 Å². The predicted molar refractivity (Wildman–Crippen MR) is 108 cm³/mol. The number of hydrogen-bond donors (Lipinski definition) is 3. The second kappa shape index (κ2) is 7.84. The van der Waals surface area contributed by atoms with Gasteiger partial charge in [0.15, 0.2) is 0 Å². The van der Waals surface area contributed by atoms with Crippen LogP contribution in [-0.2, 0) is 11.2 Å². The van der Waals surface area contributed by atoms with E-state index in [1.54, 1.807) is 19.1 Å². The van der Waals surface area contributed by atoms with E-state index >= 15 is 0 Å². The topological polar surface area (TPSA) is 70.2 Å². The molecular weight excluding hydrogens is 362 g/mol. The van der Waals surface area contributed by atoms with Crippen molar-refractivity contribution in [1.82, 2.24) is 10.6 Å². The van der Waals surface area contributed by atoms with Crippen molar-refractivity contribution in [2.24, 2.45) is 0 Å². The molecule has 0 aromatic heterocycles. The highest BCUT2D eigenvalue weighted by Gasteiger charge is 2.31. The maximum atomic E-state index is 13.0. The Balaban J connectivity index is 1.92. The Morgan fingerprint density at radius 3 is 2.48 bits per heavy atom. The number of urea groups is 1. The van der Waals surface area contributed by atoms with Gasteiger partial charge < -0.3 is 16.0 Å². The number of carbonyl (C=O) groups is 2. The normalized spacial score (nSPS) is 16.6. The van der Waals surface area contributed by atoms with Crippen molar-refractivity contribution in [2.45, 2.75) is 33.2 Å². The van der Waals surface area contributed by atoms with Gasteiger partial charge >= 0.3 is 6.03 Å². The first kappa shape index (κ1) is 19.0. The largest absolute Gasteiger partial charge is 0.327 e. The molecule has 2 aromatic rings. The zero-order valence-corrected chi connectivity index (χ0v) is 16.3. The Kier molecular flexibility index (Phi) is 5.51. The van der Waals surface area contributed by atoms with Gasteiger partial charge in [-0.25, -0.2) is 4.79 Å². The highest BCUT2D eigenvalue weighted by Crippen LogP contribution is 2.29. The quantitative estimate of drug-likeness (QED) is 0.728. The Bertz CT molecular complexity index is 920. The lowest BCUT2D eigenvalue weighted by Gasteiger charge is -2.28. The summed E-state index contributed by atoms with van der Waals surface area (Å²) in [5.41, 5.74) is 4.58. The van der Waals surface area contributed by atoms with Crippen molar-refractivity contribution >= 4 is 29.2 Å². The van der Waals surface area contributed by atoms with Crippen LogP contribution in [0.4, 0.5) is 10.5 Å². The molecule has 1 aliphatic rings. The van der Waals surface area contributed by atoms with Crippen LogP contribution in [0.15, 0.2) is 53.7 Å². The maximum Gasteiger partial charge on any atom is 0.319 e. The minimum atomic E-state index is -0.523. The fourth-order valence-electron chi connectivity index (χ4n) is 3.06. The molecule has 6 heteroatoms. The number of carbonyl (C=O) groups excluding carboxylic acids is 2. The summed E-state index contributed by atoms with van der Waals surface area (Å²) in [5, 5.41) is 8.98. The van der Waals surface area contributed by atoms with Gasteiger partial charge in [-0.15, -0.1) is 0 Å². The van der Waals surface area contributed by atoms with Crippen LogP contribution in [0.2, 0.25) is 5.02 Å². The Morgan fingerprint density at radius 1 is 1.15 bits per heavy atom. The van der Waals surface area contributed by atoms with Crippen LogP contribution in [0.1, 0.15) is 36.6 Å². The van der Waals surface area contributed by atoms with Crippen LogP contribution in [0.3, 0.4) is 0 Å². The van der Waals surface area contributed by atoms with Crippen LogP contribution < -0.4 is 16.0 Å². The lowest BCUT2D eigenvalue weighted by molar-refractivity contribution is -0.113. The molecule has 1 aliphatic heterocycles. The van der Waals surface area contributed by atoms with Crippen molar-refractivity contribution in [3.63, 3.8) is 0 Å². The Labute approximate surface area is 163 Å². The molecule has 27 heavy (non-hydrogen) atoms. The molecule has 140 valence electrons. The van der Waals surface area contributed by atoms with Crippen molar-refractivity contribution in [2.75, 3.05) is 5.32 Å². The van der Waals surface area contributed by atoms with Crippen molar-refractivity contribution in [3.8, 4) is 0 Å². The first-order valence-electron chi connectivity index (χ1n) is 8.83. The Hall–Kier alpha value is -2.79. The monoisotopic (exact) mass is 383 g/mol. The standard InChI is InChI=1S/C21H22ClN3O2/c1-4-14-6-8-15(9-7-14)19-18(13(3)23-21(27)25-19)20(26)24-16-10-5-12(2)17(22)11-16/h5-11,19H,4H2,1-3H3,(H,24,26)(H2,23,25,27). The zero-order valence-electron chi connectivity index (χ0n) is 15.5. The highest BCUT2D eigenvalue weighted by atomic mass is 35.5. The average Bonchev–Trinajstić information content (AvgIpc) is 2.64. The number of halogens is 1. The molecule has 3 amide bonds. The van der Waals surface area contributed by atoms with E-state index in [1.807, 2.05) is 37.3 Å². The smallest absolute Gasteiger partial charge is 0.319 e. The number of anilines is 1. The van der Waals surface area contributed by atoms with Gasteiger partial charge in [-0.2, -0.15) is 0 Å². The summed E-state index contributed by atoms with van der Waals surface area (Å²) in [6.45, 7) is 5.71. The number of aryl methyl sites for hydroxylation is 2. The molecule has 2 aromatic carbocycles. The molecule has 1 heterocycles. The molecule has 0 spiro atoms. The van der Waals surface area contributed by atoms with Gasteiger partial charge in [0.2, 0.25) is 0 Å². The van der Waals surface area contributed by atoms with Crippen LogP contribution in [0.5, 0.6) is 0 Å². The van der Waals surface area contributed by atoms with E-state index < -0.39 is 6.04 Å². The molecule has 1 unspecified atom stereocenters. The average molecular weight is 384 g/mol. The van der Waals surface area contributed by atoms with E-state index in [4.69, 9.17) is 11.6 Å². The molecule has 0 fully saturated rings. The third kappa shape index (κ3) is 4.14. The second-order valence-electron chi connectivity index (χ2n) is 6.58. The molecular formula is C21H22ClN3O2. The Morgan fingerprint density at radius 2 is 1.85 bits per heavy atom. The van der Waals surface area contributed by atoms with Gasteiger partial charge in [0.1, 0.15) is 0 Å². The van der Waals surface area contributed by atoms with Crippen molar-refractivity contribution < 1.29 is 9.59 Å². The first-order chi connectivity index (χ1) is 12.9. The summed E-state index contributed by atoms with van der Waals surface area (Å²) in [4.78, 5) is 25.0. The third-order valence-corrected chi connectivity index (χ3v) is 5.07. The summed E-state index contributed by atoms with van der Waals surface area (Å²) in [5.74, 6) is -0.288. The molecule has 0 saturated carbocycles. The predicted octanol–water partition coefficient (Wildman–Crippen LogP) is 4.48. The summed E-state index contributed by atoms with van der Waals surface area (Å²) in [6, 6.07) is 12.4. The first-order valence-corrected chi connectivity index (χ1v) is 9.21. The number of nitrogens with one attached hydrogen (secondary N) is 3. The fraction of sp³-hybridized carbons (Fsp3) is 0.238. The maximum absolute atomic E-state index is 13.0. The summed E-state index contributed by atoms with van der Waals surface area (Å²) in [6.07, 6.45) is 0.926. The lowest BCUT2D eigenvalue weighted by Crippen LogP contribution is -2.45. The van der Waals surface area contributed by atoms with Gasteiger partial charge in [0.05, 0.1) is 11.6 Å². The minimum Gasteiger partial charge on any atom is -0.327 e. The van der Waals surface area contributed by atoms with Gasteiger partial charge in [-0.3, -0.25) is 4.79 Å². The van der Waals surface area contributed by atoms with E-state index in [2.05, 4.69) is 22.9 Å².